The van der Waals surface area contributed by atoms with Crippen molar-refractivity contribution in [1.82, 2.24) is 20.2 Å². The van der Waals surface area contributed by atoms with E-state index in [-0.39, 0.29) is 5.91 Å². The molecule has 1 aromatic heterocycles. The Labute approximate surface area is 95.2 Å². The SMILES string of the molecule is CNC(=O)Cn1cncc1C1CCCNC1. The van der Waals surface area contributed by atoms with Crippen molar-refractivity contribution in [2.45, 2.75) is 25.3 Å². The van der Waals surface area contributed by atoms with Crippen LogP contribution in [0.2, 0.25) is 0 Å². The summed E-state index contributed by atoms with van der Waals surface area (Å²) in [6.07, 6.45) is 5.97. The van der Waals surface area contributed by atoms with Crippen molar-refractivity contribution in [1.29, 1.82) is 0 Å². The summed E-state index contributed by atoms with van der Waals surface area (Å²) in [5.41, 5.74) is 1.16. The highest BCUT2D eigenvalue weighted by atomic mass is 16.1. The van der Waals surface area contributed by atoms with Crippen molar-refractivity contribution in [3.63, 3.8) is 0 Å². The molecule has 1 fully saturated rings. The van der Waals surface area contributed by atoms with Gasteiger partial charge >= 0.3 is 0 Å². The summed E-state index contributed by atoms with van der Waals surface area (Å²) in [5, 5.41) is 6.01. The third-order valence-corrected chi connectivity index (χ3v) is 3.05. The van der Waals surface area contributed by atoms with Crippen LogP contribution in [0.3, 0.4) is 0 Å². The Bertz CT molecular complexity index is 355. The molecule has 0 aromatic carbocycles. The van der Waals surface area contributed by atoms with Gasteiger partial charge in [-0.1, -0.05) is 0 Å². The summed E-state index contributed by atoms with van der Waals surface area (Å²) in [7, 11) is 1.65. The standard InChI is InChI=1S/C11H18N4O/c1-12-11(16)7-15-8-14-6-10(15)9-3-2-4-13-5-9/h6,8-9,13H,2-5,7H2,1H3,(H,12,16). The van der Waals surface area contributed by atoms with Gasteiger partial charge in [-0.25, -0.2) is 4.98 Å². The Kier molecular flexibility index (Phi) is 3.56. The zero-order valence-electron chi connectivity index (χ0n) is 9.57. The van der Waals surface area contributed by atoms with E-state index in [0.717, 1.165) is 18.8 Å². The van der Waals surface area contributed by atoms with Gasteiger partial charge in [0.2, 0.25) is 5.91 Å². The summed E-state index contributed by atoms with van der Waals surface area (Å²) in [5.74, 6) is 0.504. The normalized spacial score (nSPS) is 20.7. The summed E-state index contributed by atoms with van der Waals surface area (Å²) in [4.78, 5) is 15.5. The summed E-state index contributed by atoms with van der Waals surface area (Å²) < 4.78 is 1.94. The van der Waals surface area contributed by atoms with Gasteiger partial charge in [0, 0.05) is 31.4 Å². The molecule has 1 atom stereocenters. The molecule has 1 aromatic rings. The minimum absolute atomic E-state index is 0.0167. The number of amides is 1. The van der Waals surface area contributed by atoms with E-state index in [1.807, 2.05) is 10.8 Å². The van der Waals surface area contributed by atoms with Crippen molar-refractivity contribution in [2.24, 2.45) is 0 Å². The molecule has 0 saturated carbocycles. The van der Waals surface area contributed by atoms with Crippen molar-refractivity contribution in [3.05, 3.63) is 18.2 Å². The smallest absolute Gasteiger partial charge is 0.239 e. The molecule has 2 rings (SSSR count). The average molecular weight is 222 g/mol. The number of hydrogen-bond donors (Lipinski definition) is 2. The highest BCUT2D eigenvalue weighted by Crippen LogP contribution is 2.22. The molecule has 1 aliphatic rings. The first-order valence-corrected chi connectivity index (χ1v) is 5.72. The monoisotopic (exact) mass is 222 g/mol. The first-order valence-electron chi connectivity index (χ1n) is 5.72. The highest BCUT2D eigenvalue weighted by Gasteiger charge is 2.19. The quantitative estimate of drug-likeness (QED) is 0.762. The predicted molar refractivity (Wildman–Crippen MR) is 61.1 cm³/mol. The van der Waals surface area contributed by atoms with Gasteiger partial charge in [0.1, 0.15) is 6.54 Å². The molecular weight excluding hydrogens is 204 g/mol. The Hall–Kier alpha value is -1.36. The third-order valence-electron chi connectivity index (χ3n) is 3.05. The Morgan fingerprint density at radius 2 is 2.62 bits per heavy atom. The van der Waals surface area contributed by atoms with E-state index in [1.54, 1.807) is 13.4 Å². The van der Waals surface area contributed by atoms with E-state index >= 15 is 0 Å². The first kappa shape index (κ1) is 11.1. The minimum Gasteiger partial charge on any atom is -0.358 e. The number of piperidine rings is 1. The predicted octanol–water partition coefficient (Wildman–Crippen LogP) is 0.0961. The molecule has 1 aliphatic heterocycles. The topological polar surface area (TPSA) is 59.0 Å². The van der Waals surface area contributed by atoms with Crippen LogP contribution >= 0.6 is 0 Å². The fourth-order valence-corrected chi connectivity index (χ4v) is 2.14. The van der Waals surface area contributed by atoms with Gasteiger partial charge in [0.15, 0.2) is 0 Å². The highest BCUT2D eigenvalue weighted by molar-refractivity contribution is 5.75. The molecule has 88 valence electrons. The van der Waals surface area contributed by atoms with E-state index in [1.165, 1.54) is 12.8 Å². The largest absolute Gasteiger partial charge is 0.358 e. The Morgan fingerprint density at radius 3 is 3.31 bits per heavy atom. The zero-order chi connectivity index (χ0) is 11.4. The minimum atomic E-state index is 0.0167. The maximum Gasteiger partial charge on any atom is 0.239 e. The summed E-state index contributed by atoms with van der Waals surface area (Å²) >= 11 is 0. The fraction of sp³-hybridized carbons (Fsp3) is 0.636. The van der Waals surface area contributed by atoms with E-state index in [9.17, 15) is 4.79 Å². The maximum atomic E-state index is 11.3. The van der Waals surface area contributed by atoms with Crippen LogP contribution in [-0.2, 0) is 11.3 Å². The van der Waals surface area contributed by atoms with Gasteiger partial charge in [-0.05, 0) is 19.4 Å². The lowest BCUT2D eigenvalue weighted by Crippen LogP contribution is -2.31. The van der Waals surface area contributed by atoms with E-state index in [4.69, 9.17) is 0 Å². The number of carbonyl (C=O) groups is 1. The lowest BCUT2D eigenvalue weighted by atomic mass is 9.96. The maximum absolute atomic E-state index is 11.3. The van der Waals surface area contributed by atoms with E-state index < -0.39 is 0 Å². The molecule has 2 N–H and O–H groups in total. The molecule has 1 saturated heterocycles. The van der Waals surface area contributed by atoms with Gasteiger partial charge in [-0.15, -0.1) is 0 Å². The summed E-state index contributed by atoms with van der Waals surface area (Å²) in [6, 6.07) is 0. The zero-order valence-corrected chi connectivity index (χ0v) is 9.57. The lowest BCUT2D eigenvalue weighted by Gasteiger charge is -2.23. The van der Waals surface area contributed by atoms with Crippen LogP contribution in [0.1, 0.15) is 24.5 Å². The van der Waals surface area contributed by atoms with Gasteiger partial charge in [0.05, 0.1) is 6.33 Å². The molecule has 5 nitrogen and oxygen atoms in total. The lowest BCUT2D eigenvalue weighted by molar-refractivity contribution is -0.121. The van der Waals surface area contributed by atoms with Crippen molar-refractivity contribution >= 4 is 5.91 Å². The molecule has 0 bridgehead atoms. The molecule has 1 amide bonds. The van der Waals surface area contributed by atoms with Gasteiger partial charge in [-0.2, -0.15) is 0 Å². The van der Waals surface area contributed by atoms with Crippen LogP contribution < -0.4 is 10.6 Å². The van der Waals surface area contributed by atoms with Crippen LogP contribution in [-0.4, -0.2) is 35.6 Å². The molecule has 0 radical (unpaired) electrons. The summed E-state index contributed by atoms with van der Waals surface area (Å²) in [6.45, 7) is 2.45. The second-order valence-corrected chi connectivity index (χ2v) is 4.16. The number of likely N-dealkylation sites (N-methyl/N-ethyl adjacent to an activating group) is 1. The first-order chi connectivity index (χ1) is 7.81. The van der Waals surface area contributed by atoms with E-state index in [2.05, 4.69) is 15.6 Å². The molecule has 2 heterocycles. The average Bonchev–Trinajstić information content (AvgIpc) is 2.78. The second kappa shape index (κ2) is 5.12. The van der Waals surface area contributed by atoms with Crippen molar-refractivity contribution in [3.8, 4) is 0 Å². The second-order valence-electron chi connectivity index (χ2n) is 4.16. The fourth-order valence-electron chi connectivity index (χ4n) is 2.14. The van der Waals surface area contributed by atoms with Gasteiger partial charge in [-0.3, -0.25) is 4.79 Å². The van der Waals surface area contributed by atoms with Crippen LogP contribution in [0.15, 0.2) is 12.5 Å². The number of carbonyl (C=O) groups excluding carboxylic acids is 1. The number of nitrogens with zero attached hydrogens (tertiary/aromatic N) is 2. The number of rotatable bonds is 3. The van der Waals surface area contributed by atoms with Crippen LogP contribution in [0.25, 0.3) is 0 Å². The number of nitrogens with one attached hydrogen (secondary N) is 2. The number of aromatic nitrogens is 2. The van der Waals surface area contributed by atoms with Gasteiger partial charge < -0.3 is 15.2 Å². The van der Waals surface area contributed by atoms with E-state index in [0.29, 0.717) is 12.5 Å². The van der Waals surface area contributed by atoms with Crippen molar-refractivity contribution < 1.29 is 4.79 Å². The molecule has 5 heteroatoms. The van der Waals surface area contributed by atoms with Gasteiger partial charge in [0.25, 0.3) is 0 Å². The molecule has 0 spiro atoms. The Morgan fingerprint density at radius 1 is 1.75 bits per heavy atom. The molecule has 16 heavy (non-hydrogen) atoms. The molecule has 0 aliphatic carbocycles. The Balaban J connectivity index is 2.08. The number of imidazole rings is 1. The van der Waals surface area contributed by atoms with Crippen LogP contribution in [0, 0.1) is 0 Å². The number of hydrogen-bond acceptors (Lipinski definition) is 3. The molecule has 1 unspecified atom stereocenters. The van der Waals surface area contributed by atoms with Crippen molar-refractivity contribution in [2.75, 3.05) is 20.1 Å². The third kappa shape index (κ3) is 2.41. The van der Waals surface area contributed by atoms with Crippen LogP contribution in [0.4, 0.5) is 0 Å². The molecular formula is C11H18N4O. The van der Waals surface area contributed by atoms with Crippen LogP contribution in [0.5, 0.6) is 0 Å².